The van der Waals surface area contributed by atoms with Crippen molar-refractivity contribution >= 4 is 22.3 Å². The number of benzene rings is 4. The molecule has 54 heavy (non-hydrogen) atoms. The summed E-state index contributed by atoms with van der Waals surface area (Å²) in [6.07, 6.45) is 4.74. The first kappa shape index (κ1) is 40.7. The van der Waals surface area contributed by atoms with Gasteiger partial charge in [-0.3, -0.25) is 9.59 Å². The second-order valence-electron chi connectivity index (χ2n) is 16.9. The van der Waals surface area contributed by atoms with Gasteiger partial charge in [0.1, 0.15) is 33.9 Å². The molecular weight excluding hydrogens is 673 g/mol. The normalized spacial score (nSPS) is 15.8. The molecule has 0 radical (unpaired) electrons. The maximum absolute atomic E-state index is 12.2. The molecule has 1 aliphatic carbocycles. The summed E-state index contributed by atoms with van der Waals surface area (Å²) in [5, 5.41) is 2.48. The van der Waals surface area contributed by atoms with E-state index in [2.05, 4.69) is 105 Å². The van der Waals surface area contributed by atoms with Crippen LogP contribution < -0.4 is 9.47 Å². The first-order valence-corrected chi connectivity index (χ1v) is 19.1. The van der Waals surface area contributed by atoms with Crippen LogP contribution in [-0.2, 0) is 24.5 Å². The Morgan fingerprint density at radius 2 is 1.11 bits per heavy atom. The van der Waals surface area contributed by atoms with E-state index in [1.165, 1.54) is 45.2 Å². The van der Waals surface area contributed by atoms with Gasteiger partial charge in [0.15, 0.2) is 11.6 Å². The molecule has 4 aromatic carbocycles. The zero-order valence-electron chi connectivity index (χ0n) is 33.7. The van der Waals surface area contributed by atoms with Crippen molar-refractivity contribution < 1.29 is 28.5 Å². The highest BCUT2D eigenvalue weighted by Gasteiger charge is 2.46. The van der Waals surface area contributed by atoms with E-state index in [-0.39, 0.29) is 11.6 Å². The molecule has 1 aliphatic rings. The van der Waals surface area contributed by atoms with E-state index in [1.54, 1.807) is 27.7 Å². The van der Waals surface area contributed by atoms with E-state index in [0.29, 0.717) is 32.0 Å². The average Bonchev–Trinajstić information content (AvgIpc) is 3.43. The lowest BCUT2D eigenvalue weighted by atomic mass is 9.69. The van der Waals surface area contributed by atoms with E-state index in [9.17, 15) is 9.59 Å². The fourth-order valence-electron chi connectivity index (χ4n) is 7.63. The zero-order chi connectivity index (χ0) is 39.5. The van der Waals surface area contributed by atoms with Gasteiger partial charge in [0.05, 0.1) is 13.2 Å². The van der Waals surface area contributed by atoms with Gasteiger partial charge in [-0.2, -0.15) is 0 Å². The molecule has 0 saturated carbocycles. The highest BCUT2D eigenvalue weighted by atomic mass is 16.5. The molecule has 0 aromatic heterocycles. The van der Waals surface area contributed by atoms with Gasteiger partial charge in [-0.05, 0) is 137 Å². The SMILES string of the molecule is C=CC(=O)C(C)(C)OCCC(C)(C)Oc1ccc(C2(c3ccc(OC(C)(C)CCOC(C)(C)C(=O)C=C)cc3)CC(C)c3ccc4ccccc4c32)cc1. The van der Waals surface area contributed by atoms with E-state index in [0.717, 1.165) is 17.9 Å². The maximum atomic E-state index is 12.2. The summed E-state index contributed by atoms with van der Waals surface area (Å²) in [5.41, 5.74) is 1.81. The quantitative estimate of drug-likeness (QED) is 0.0949. The van der Waals surface area contributed by atoms with E-state index < -0.39 is 27.8 Å². The molecule has 5 rings (SSSR count). The molecule has 0 fully saturated rings. The van der Waals surface area contributed by atoms with Gasteiger partial charge in [0, 0.05) is 18.3 Å². The average molecular weight is 731 g/mol. The third-order valence-electron chi connectivity index (χ3n) is 10.9. The predicted molar refractivity (Wildman–Crippen MR) is 219 cm³/mol. The Balaban J connectivity index is 1.43. The molecule has 0 heterocycles. The minimum atomic E-state index is -0.923. The van der Waals surface area contributed by atoms with Gasteiger partial charge in [0.2, 0.25) is 0 Å². The van der Waals surface area contributed by atoms with Crippen LogP contribution in [0.1, 0.15) is 110 Å². The van der Waals surface area contributed by atoms with Crippen molar-refractivity contribution in [2.45, 2.75) is 115 Å². The molecule has 1 unspecified atom stereocenters. The Bertz CT molecular complexity index is 1880. The van der Waals surface area contributed by atoms with Gasteiger partial charge in [-0.1, -0.05) is 80.7 Å². The second-order valence-corrected chi connectivity index (χ2v) is 16.9. The fraction of sp³-hybridized carbons (Fsp3) is 0.417. The Morgan fingerprint density at radius 3 is 1.56 bits per heavy atom. The van der Waals surface area contributed by atoms with Gasteiger partial charge < -0.3 is 18.9 Å². The predicted octanol–water partition coefficient (Wildman–Crippen LogP) is 10.9. The summed E-state index contributed by atoms with van der Waals surface area (Å²) >= 11 is 0. The monoisotopic (exact) mass is 730 g/mol. The van der Waals surface area contributed by atoms with Crippen molar-refractivity contribution in [1.82, 2.24) is 0 Å². The molecule has 0 saturated heterocycles. The Kier molecular flexibility index (Phi) is 11.8. The minimum Gasteiger partial charge on any atom is -0.488 e. The summed E-state index contributed by atoms with van der Waals surface area (Å²) in [7, 11) is 0. The van der Waals surface area contributed by atoms with Crippen LogP contribution in [-0.4, -0.2) is 47.2 Å². The number of hydrogen-bond donors (Lipinski definition) is 0. The largest absolute Gasteiger partial charge is 0.488 e. The van der Waals surface area contributed by atoms with E-state index >= 15 is 0 Å². The summed E-state index contributed by atoms with van der Waals surface area (Å²) in [5.74, 6) is 1.60. The fourth-order valence-corrected chi connectivity index (χ4v) is 7.63. The molecule has 0 spiro atoms. The van der Waals surface area contributed by atoms with Crippen molar-refractivity contribution in [3.8, 4) is 11.5 Å². The van der Waals surface area contributed by atoms with Crippen molar-refractivity contribution in [2.24, 2.45) is 0 Å². The van der Waals surface area contributed by atoms with Crippen LogP contribution >= 0.6 is 0 Å². The number of carbonyl (C=O) groups excluding carboxylic acids is 2. The Hall–Kier alpha value is -4.52. The minimum absolute atomic E-state index is 0.142. The number of rotatable bonds is 18. The van der Waals surface area contributed by atoms with Crippen LogP contribution in [0, 0.1) is 0 Å². The van der Waals surface area contributed by atoms with Crippen LogP contribution in [0.25, 0.3) is 10.8 Å². The number of fused-ring (bicyclic) bond motifs is 3. The van der Waals surface area contributed by atoms with Crippen molar-refractivity contribution in [2.75, 3.05) is 13.2 Å². The van der Waals surface area contributed by atoms with Crippen molar-refractivity contribution in [3.63, 3.8) is 0 Å². The summed E-state index contributed by atoms with van der Waals surface area (Å²) in [6, 6.07) is 30.4. The van der Waals surface area contributed by atoms with E-state index in [4.69, 9.17) is 18.9 Å². The number of carbonyl (C=O) groups is 2. The van der Waals surface area contributed by atoms with Crippen LogP contribution in [0.5, 0.6) is 11.5 Å². The lowest BCUT2D eigenvalue weighted by Gasteiger charge is -2.34. The number of ether oxygens (including phenoxy) is 4. The molecule has 0 bridgehead atoms. The first-order valence-electron chi connectivity index (χ1n) is 19.1. The molecule has 1 atom stereocenters. The molecule has 6 heteroatoms. The zero-order valence-corrected chi connectivity index (χ0v) is 33.7. The van der Waals surface area contributed by atoms with Crippen LogP contribution in [0.3, 0.4) is 0 Å². The third-order valence-corrected chi connectivity index (χ3v) is 10.9. The molecular formula is C48H58O6. The van der Waals surface area contributed by atoms with Gasteiger partial charge in [0.25, 0.3) is 0 Å². The maximum Gasteiger partial charge on any atom is 0.186 e. The van der Waals surface area contributed by atoms with Gasteiger partial charge >= 0.3 is 0 Å². The highest BCUT2D eigenvalue weighted by Crippen LogP contribution is 2.56. The molecule has 0 amide bonds. The molecule has 286 valence electrons. The third kappa shape index (κ3) is 8.72. The second kappa shape index (κ2) is 15.7. The lowest BCUT2D eigenvalue weighted by Crippen LogP contribution is -2.37. The molecule has 4 aromatic rings. The van der Waals surface area contributed by atoms with Crippen molar-refractivity contribution in [1.29, 1.82) is 0 Å². The smallest absolute Gasteiger partial charge is 0.186 e. The van der Waals surface area contributed by atoms with E-state index in [1.807, 2.05) is 27.7 Å². The van der Waals surface area contributed by atoms with Gasteiger partial charge in [-0.25, -0.2) is 0 Å². The van der Waals surface area contributed by atoms with Crippen molar-refractivity contribution in [3.05, 3.63) is 132 Å². The number of hydrogen-bond acceptors (Lipinski definition) is 6. The van der Waals surface area contributed by atoms with Crippen LogP contribution in [0.2, 0.25) is 0 Å². The Labute approximate surface area is 322 Å². The topological polar surface area (TPSA) is 71.1 Å². The molecule has 0 N–H and O–H groups in total. The summed E-state index contributed by atoms with van der Waals surface area (Å²) < 4.78 is 24.9. The summed E-state index contributed by atoms with van der Waals surface area (Å²) in [4.78, 5) is 24.4. The van der Waals surface area contributed by atoms with Gasteiger partial charge in [-0.15, -0.1) is 0 Å². The molecule has 0 aliphatic heterocycles. The standard InChI is InChI=1S/C48H58O6/c1-12-41(49)46(8,9)51-30-28-44(4,5)53-37-23-19-35(20-24-37)48(32-33(3)39-27-18-34-16-14-15-17-40(34)43(39)48)36-21-25-38(26-22-36)54-45(6,7)29-31-52-47(10,11)42(50)13-2/h12-27,33H,1-2,28-32H2,3-11H3. The number of ketones is 2. The molecule has 6 nitrogen and oxygen atoms in total. The highest BCUT2D eigenvalue weighted by molar-refractivity contribution is 5.96. The van der Waals surface area contributed by atoms with Crippen LogP contribution in [0.15, 0.2) is 110 Å². The summed E-state index contributed by atoms with van der Waals surface area (Å²) in [6.45, 7) is 25.5. The first-order chi connectivity index (χ1) is 25.3. The lowest BCUT2D eigenvalue weighted by molar-refractivity contribution is -0.136. The van der Waals surface area contributed by atoms with Crippen LogP contribution in [0.4, 0.5) is 0 Å². The Morgan fingerprint density at radius 1 is 0.667 bits per heavy atom.